The Morgan fingerprint density at radius 1 is 1.11 bits per heavy atom. The van der Waals surface area contributed by atoms with Gasteiger partial charge in [0.1, 0.15) is 4.90 Å². The Morgan fingerprint density at radius 2 is 1.82 bits per heavy atom. The van der Waals surface area contributed by atoms with Crippen molar-refractivity contribution in [2.45, 2.75) is 16.0 Å². The molecule has 1 atom stereocenters. The number of benzene rings is 2. The van der Waals surface area contributed by atoms with Crippen LogP contribution in [0.3, 0.4) is 0 Å². The minimum atomic E-state index is -4.87. The van der Waals surface area contributed by atoms with Crippen molar-refractivity contribution in [3.63, 3.8) is 0 Å². The van der Waals surface area contributed by atoms with E-state index in [9.17, 15) is 25.8 Å². The fraction of sp³-hybridized carbons (Fsp3) is 0.118. The number of primary sulfonamides is 1. The monoisotopic (exact) mass is 429 g/mol. The second kappa shape index (κ2) is 7.15. The van der Waals surface area contributed by atoms with Crippen molar-refractivity contribution in [1.29, 1.82) is 0 Å². The molecule has 0 saturated carbocycles. The van der Waals surface area contributed by atoms with Gasteiger partial charge in [-0.25, -0.2) is 18.2 Å². The molecule has 0 aliphatic carbocycles. The summed E-state index contributed by atoms with van der Waals surface area (Å²) >= 11 is 0. The molecule has 0 radical (unpaired) electrons. The Labute approximate surface area is 161 Å². The molecule has 2 aromatic carbocycles. The number of rotatable bonds is 4. The number of nitrogens with zero attached hydrogens (tertiary/aromatic N) is 2. The highest BCUT2D eigenvalue weighted by Crippen LogP contribution is 2.40. The van der Waals surface area contributed by atoms with Crippen LogP contribution in [-0.4, -0.2) is 28.7 Å². The summed E-state index contributed by atoms with van der Waals surface area (Å²) < 4.78 is 78.1. The molecule has 28 heavy (non-hydrogen) atoms. The predicted octanol–water partition coefficient (Wildman–Crippen LogP) is 2.94. The van der Waals surface area contributed by atoms with E-state index in [0.717, 1.165) is 16.8 Å². The maximum absolute atomic E-state index is 13.8. The lowest BCUT2D eigenvalue weighted by Crippen LogP contribution is -2.20. The predicted molar refractivity (Wildman–Crippen MR) is 97.7 cm³/mol. The van der Waals surface area contributed by atoms with E-state index < -0.39 is 43.1 Å². The van der Waals surface area contributed by atoms with Crippen LogP contribution in [0.4, 0.5) is 13.2 Å². The van der Waals surface area contributed by atoms with Crippen molar-refractivity contribution in [2.75, 3.05) is 6.26 Å². The first kappa shape index (κ1) is 20.2. The second-order valence-electron chi connectivity index (χ2n) is 5.85. The molecule has 11 heteroatoms. The third-order valence-corrected chi connectivity index (χ3v) is 5.76. The maximum atomic E-state index is 13.8. The molecule has 0 saturated heterocycles. The van der Waals surface area contributed by atoms with E-state index in [1.54, 1.807) is 6.07 Å². The van der Waals surface area contributed by atoms with E-state index in [2.05, 4.69) is 5.10 Å². The molecule has 1 unspecified atom stereocenters. The molecule has 1 heterocycles. The molecule has 148 valence electrons. The van der Waals surface area contributed by atoms with Crippen molar-refractivity contribution >= 4 is 20.8 Å². The lowest BCUT2D eigenvalue weighted by Gasteiger charge is -2.18. The van der Waals surface area contributed by atoms with Crippen LogP contribution in [0.5, 0.6) is 0 Å². The average Bonchev–Trinajstić information content (AvgIpc) is 3.13. The number of hydrogen-bond donors (Lipinski definition) is 1. The first-order valence-electron chi connectivity index (χ1n) is 7.70. The molecule has 0 aliphatic heterocycles. The Kier molecular flexibility index (Phi) is 5.17. The molecule has 0 amide bonds. The molecule has 0 spiro atoms. The van der Waals surface area contributed by atoms with Crippen LogP contribution in [0.25, 0.3) is 16.8 Å². The minimum Gasteiger partial charge on any atom is -0.255 e. The highest BCUT2D eigenvalue weighted by molar-refractivity contribution is 7.89. The molecular formula is C17H14F3N3O3S2. The van der Waals surface area contributed by atoms with Gasteiger partial charge < -0.3 is 0 Å². The smallest absolute Gasteiger partial charge is 0.255 e. The molecular weight excluding hydrogens is 415 g/mol. The quantitative estimate of drug-likeness (QED) is 0.690. The molecule has 0 aliphatic rings. The van der Waals surface area contributed by atoms with Crippen LogP contribution in [-0.2, 0) is 27.0 Å². The van der Waals surface area contributed by atoms with E-state index in [-0.39, 0.29) is 11.1 Å². The number of aromatic nitrogens is 2. The van der Waals surface area contributed by atoms with Gasteiger partial charge in [-0.1, -0.05) is 12.1 Å². The standard InChI is InChI=1S/C17H14F3N3O3S2/c1-27(24)13-5-2-4-11(8-13)12-9-14(17(18,19)20)16(23-7-3-6-22-23)15(10-12)28(21,25)26/h2-10H,1H3,(H2,21,25,26). The molecule has 3 rings (SSSR count). The van der Waals surface area contributed by atoms with Gasteiger partial charge in [0, 0.05) is 34.3 Å². The fourth-order valence-corrected chi connectivity index (χ4v) is 4.03. The number of sulfonamides is 1. The third kappa shape index (κ3) is 4.01. The summed E-state index contributed by atoms with van der Waals surface area (Å²) in [5, 5.41) is 8.95. The Bertz CT molecular complexity index is 1160. The molecule has 3 aromatic rings. The van der Waals surface area contributed by atoms with E-state index >= 15 is 0 Å². The molecule has 0 bridgehead atoms. The van der Waals surface area contributed by atoms with Crippen LogP contribution < -0.4 is 5.14 Å². The van der Waals surface area contributed by atoms with E-state index in [1.165, 1.54) is 42.9 Å². The van der Waals surface area contributed by atoms with E-state index in [4.69, 9.17) is 5.14 Å². The number of nitrogens with two attached hydrogens (primary N) is 1. The van der Waals surface area contributed by atoms with Crippen molar-refractivity contribution in [1.82, 2.24) is 9.78 Å². The van der Waals surface area contributed by atoms with Crippen molar-refractivity contribution in [2.24, 2.45) is 5.14 Å². The summed E-state index contributed by atoms with van der Waals surface area (Å²) in [6, 6.07) is 9.25. The van der Waals surface area contributed by atoms with Gasteiger partial charge in [0.05, 0.1) is 11.3 Å². The number of hydrogen-bond acceptors (Lipinski definition) is 4. The zero-order valence-electron chi connectivity index (χ0n) is 14.3. The maximum Gasteiger partial charge on any atom is 0.418 e. The van der Waals surface area contributed by atoms with Gasteiger partial charge in [-0.2, -0.15) is 18.3 Å². The summed E-state index contributed by atoms with van der Waals surface area (Å²) in [7, 11) is -5.89. The van der Waals surface area contributed by atoms with Gasteiger partial charge in [-0.05, 0) is 41.5 Å². The summed E-state index contributed by atoms with van der Waals surface area (Å²) in [5.41, 5.74) is -1.64. The van der Waals surface area contributed by atoms with Crippen molar-refractivity contribution in [3.8, 4) is 16.8 Å². The van der Waals surface area contributed by atoms with Gasteiger partial charge in [0.15, 0.2) is 0 Å². The van der Waals surface area contributed by atoms with Gasteiger partial charge in [-0.3, -0.25) is 4.21 Å². The summed E-state index contributed by atoms with van der Waals surface area (Å²) in [4.78, 5) is -0.330. The van der Waals surface area contributed by atoms with Gasteiger partial charge in [0.25, 0.3) is 0 Å². The third-order valence-electron chi connectivity index (χ3n) is 3.92. The van der Waals surface area contributed by atoms with Crippen LogP contribution in [0, 0.1) is 0 Å². The topological polar surface area (TPSA) is 95.0 Å². The Balaban J connectivity index is 2.40. The lowest BCUT2D eigenvalue weighted by molar-refractivity contribution is -0.137. The molecule has 1 aromatic heterocycles. The van der Waals surface area contributed by atoms with Crippen LogP contribution in [0.15, 0.2) is 64.6 Å². The summed E-state index contributed by atoms with van der Waals surface area (Å²) in [5.74, 6) is 0. The van der Waals surface area contributed by atoms with Gasteiger partial charge >= 0.3 is 6.18 Å². The van der Waals surface area contributed by atoms with Crippen molar-refractivity contribution < 1.29 is 25.8 Å². The highest BCUT2D eigenvalue weighted by Gasteiger charge is 2.38. The van der Waals surface area contributed by atoms with E-state index in [1.807, 2.05) is 0 Å². The SMILES string of the molecule is CS(=O)c1cccc(-c2cc(C(F)(F)F)c(-n3cccn3)c(S(N)(=O)=O)c2)c1. The van der Waals surface area contributed by atoms with Crippen LogP contribution in [0.2, 0.25) is 0 Å². The summed E-state index contributed by atoms with van der Waals surface area (Å²) in [6.45, 7) is 0. The van der Waals surface area contributed by atoms with Gasteiger partial charge in [-0.15, -0.1) is 0 Å². The highest BCUT2D eigenvalue weighted by atomic mass is 32.2. The normalized spacial score (nSPS) is 13.5. The fourth-order valence-electron chi connectivity index (χ4n) is 2.70. The minimum absolute atomic E-state index is 0.0282. The zero-order chi connectivity index (χ0) is 20.7. The zero-order valence-corrected chi connectivity index (χ0v) is 16.0. The summed E-state index contributed by atoms with van der Waals surface area (Å²) in [6.07, 6.45) is -1.03. The average molecular weight is 429 g/mol. The Hall–Kier alpha value is -2.50. The van der Waals surface area contributed by atoms with Gasteiger partial charge in [0.2, 0.25) is 10.0 Å². The first-order chi connectivity index (χ1) is 13.0. The Morgan fingerprint density at radius 3 is 2.36 bits per heavy atom. The number of alkyl halides is 3. The first-order valence-corrected chi connectivity index (χ1v) is 10.8. The van der Waals surface area contributed by atoms with Crippen LogP contribution in [0.1, 0.15) is 5.56 Å². The second-order valence-corrected chi connectivity index (χ2v) is 8.76. The molecule has 0 fully saturated rings. The number of halogens is 3. The van der Waals surface area contributed by atoms with E-state index in [0.29, 0.717) is 4.90 Å². The van der Waals surface area contributed by atoms with Crippen molar-refractivity contribution in [3.05, 3.63) is 60.4 Å². The molecule has 2 N–H and O–H groups in total. The lowest BCUT2D eigenvalue weighted by atomic mass is 10.0. The molecule has 6 nitrogen and oxygen atoms in total. The largest absolute Gasteiger partial charge is 0.418 e. The van der Waals surface area contributed by atoms with Crippen LogP contribution >= 0.6 is 0 Å².